The van der Waals surface area contributed by atoms with Crippen molar-refractivity contribution in [3.63, 3.8) is 0 Å². The maximum atomic E-state index is 12.3. The number of anilines is 1. The summed E-state index contributed by atoms with van der Waals surface area (Å²) in [6, 6.07) is 12.0. The van der Waals surface area contributed by atoms with Crippen LogP contribution < -0.4 is 21.4 Å². The Hall–Kier alpha value is -4.15. The highest BCUT2D eigenvalue weighted by Gasteiger charge is 2.25. The summed E-state index contributed by atoms with van der Waals surface area (Å²) in [7, 11) is 1.69. The van der Waals surface area contributed by atoms with Gasteiger partial charge in [0.25, 0.3) is 11.8 Å². The van der Waals surface area contributed by atoms with Crippen molar-refractivity contribution in [2.24, 2.45) is 0 Å². The van der Waals surface area contributed by atoms with Crippen molar-refractivity contribution >= 4 is 23.4 Å². The van der Waals surface area contributed by atoms with Crippen molar-refractivity contribution in [1.82, 2.24) is 16.1 Å². The Labute approximate surface area is 191 Å². The van der Waals surface area contributed by atoms with Gasteiger partial charge in [-0.3, -0.25) is 19.6 Å². The zero-order valence-corrected chi connectivity index (χ0v) is 18.1. The second-order valence-electron chi connectivity index (χ2n) is 6.90. The standard InChI is InChI=1S/C24H24N4O5/c1-16(29)22(24(32)28-33)27-23(31)19-11-7-17(8-12-19)5-3-4-6-18-9-13-20(14-10-18)26-21(30)15-25-2/h7-14,16,22,25,29,33H,15H2,1-2H3,(H,26,30)(H,27,31)(H,28,32)/t16-,22+/m1/s1. The number of nitrogens with one attached hydrogen (secondary N) is 4. The molecule has 6 N–H and O–H groups in total. The highest BCUT2D eigenvalue weighted by molar-refractivity contribution is 5.97. The van der Waals surface area contributed by atoms with E-state index >= 15 is 0 Å². The van der Waals surface area contributed by atoms with Crippen molar-refractivity contribution in [3.8, 4) is 23.7 Å². The molecule has 0 saturated carbocycles. The van der Waals surface area contributed by atoms with Crippen molar-refractivity contribution < 1.29 is 24.7 Å². The van der Waals surface area contributed by atoms with E-state index in [1.54, 1.807) is 43.4 Å². The van der Waals surface area contributed by atoms with Gasteiger partial charge in [0.1, 0.15) is 6.04 Å². The number of likely N-dealkylation sites (N-methyl/N-ethyl adjacent to an activating group) is 1. The third kappa shape index (κ3) is 8.13. The minimum Gasteiger partial charge on any atom is -0.391 e. The summed E-state index contributed by atoms with van der Waals surface area (Å²) in [6.45, 7) is 1.55. The molecular formula is C24H24N4O5. The number of hydrogen-bond acceptors (Lipinski definition) is 6. The molecule has 2 aromatic carbocycles. The van der Waals surface area contributed by atoms with Crippen molar-refractivity contribution in [1.29, 1.82) is 0 Å². The fraction of sp³-hybridized carbons (Fsp3) is 0.208. The zero-order chi connectivity index (χ0) is 24.2. The van der Waals surface area contributed by atoms with E-state index in [4.69, 9.17) is 5.21 Å². The molecule has 0 aliphatic rings. The number of aliphatic hydroxyl groups excluding tert-OH is 1. The van der Waals surface area contributed by atoms with E-state index in [2.05, 4.69) is 39.6 Å². The van der Waals surface area contributed by atoms with Gasteiger partial charge in [-0.2, -0.15) is 0 Å². The average molecular weight is 448 g/mol. The van der Waals surface area contributed by atoms with Gasteiger partial charge in [0.05, 0.1) is 12.6 Å². The molecule has 0 aliphatic carbocycles. The topological polar surface area (TPSA) is 140 Å². The van der Waals surface area contributed by atoms with Crippen LogP contribution in [0.3, 0.4) is 0 Å². The first-order valence-electron chi connectivity index (χ1n) is 9.93. The molecule has 0 spiro atoms. The minimum absolute atomic E-state index is 0.135. The number of rotatable bonds is 7. The van der Waals surface area contributed by atoms with Gasteiger partial charge in [0.15, 0.2) is 0 Å². The molecule has 0 fully saturated rings. The number of carbonyl (C=O) groups is 3. The third-order valence-corrected chi connectivity index (χ3v) is 4.29. The van der Waals surface area contributed by atoms with E-state index in [1.807, 2.05) is 0 Å². The molecule has 0 aromatic heterocycles. The zero-order valence-electron chi connectivity index (χ0n) is 18.1. The minimum atomic E-state index is -1.30. The van der Waals surface area contributed by atoms with Gasteiger partial charge >= 0.3 is 0 Å². The van der Waals surface area contributed by atoms with Crippen molar-refractivity contribution in [3.05, 3.63) is 65.2 Å². The molecular weight excluding hydrogens is 424 g/mol. The fourth-order valence-electron chi connectivity index (χ4n) is 2.61. The first-order valence-corrected chi connectivity index (χ1v) is 9.93. The third-order valence-electron chi connectivity index (χ3n) is 4.29. The number of aliphatic hydroxyl groups is 1. The molecule has 33 heavy (non-hydrogen) atoms. The van der Waals surface area contributed by atoms with Gasteiger partial charge < -0.3 is 21.1 Å². The SMILES string of the molecule is CNCC(=O)Nc1ccc(C#CC#Cc2ccc(C(=O)N[C@H](C(=O)NO)[C@@H](C)O)cc2)cc1. The lowest BCUT2D eigenvalue weighted by molar-refractivity contribution is -0.133. The van der Waals surface area contributed by atoms with Crippen LogP contribution in [0.5, 0.6) is 0 Å². The first-order chi connectivity index (χ1) is 15.8. The smallest absolute Gasteiger partial charge is 0.268 e. The Kier molecular flexibility index (Phi) is 9.62. The van der Waals surface area contributed by atoms with Crippen LogP contribution in [0.15, 0.2) is 48.5 Å². The maximum absolute atomic E-state index is 12.3. The van der Waals surface area contributed by atoms with Crippen LogP contribution in [-0.2, 0) is 9.59 Å². The molecule has 170 valence electrons. The average Bonchev–Trinajstić information content (AvgIpc) is 2.81. The van der Waals surface area contributed by atoms with Crippen LogP contribution in [0.25, 0.3) is 0 Å². The predicted molar refractivity (Wildman–Crippen MR) is 122 cm³/mol. The fourth-order valence-corrected chi connectivity index (χ4v) is 2.61. The van der Waals surface area contributed by atoms with Crippen molar-refractivity contribution in [2.75, 3.05) is 18.9 Å². The molecule has 0 bridgehead atoms. The van der Waals surface area contributed by atoms with Crippen LogP contribution in [0, 0.1) is 23.7 Å². The molecule has 9 nitrogen and oxygen atoms in total. The largest absolute Gasteiger partial charge is 0.391 e. The molecule has 0 radical (unpaired) electrons. The summed E-state index contributed by atoms with van der Waals surface area (Å²) < 4.78 is 0. The van der Waals surface area contributed by atoms with Crippen LogP contribution in [-0.4, -0.2) is 53.8 Å². The van der Waals surface area contributed by atoms with E-state index in [9.17, 15) is 19.5 Å². The molecule has 3 amide bonds. The summed E-state index contributed by atoms with van der Waals surface area (Å²) in [6.07, 6.45) is -1.20. The maximum Gasteiger partial charge on any atom is 0.268 e. The number of amides is 3. The molecule has 9 heteroatoms. The Morgan fingerprint density at radius 1 is 0.939 bits per heavy atom. The molecule has 0 unspecified atom stereocenters. The second-order valence-corrected chi connectivity index (χ2v) is 6.90. The van der Waals surface area contributed by atoms with Crippen LogP contribution in [0.2, 0.25) is 0 Å². The van der Waals surface area contributed by atoms with Crippen LogP contribution in [0.1, 0.15) is 28.4 Å². The summed E-state index contributed by atoms with van der Waals surface area (Å²) in [5.41, 5.74) is 3.70. The van der Waals surface area contributed by atoms with E-state index in [1.165, 1.54) is 24.5 Å². The Balaban J connectivity index is 1.97. The first kappa shape index (κ1) is 25.1. The summed E-state index contributed by atoms with van der Waals surface area (Å²) >= 11 is 0. The number of benzene rings is 2. The van der Waals surface area contributed by atoms with Gasteiger partial charge in [-0.25, -0.2) is 5.48 Å². The summed E-state index contributed by atoms with van der Waals surface area (Å²) in [5.74, 6) is 9.59. The van der Waals surface area contributed by atoms with Crippen molar-refractivity contribution in [2.45, 2.75) is 19.1 Å². The second kappa shape index (κ2) is 12.6. The van der Waals surface area contributed by atoms with Gasteiger partial charge in [-0.05, 0) is 74.3 Å². The summed E-state index contributed by atoms with van der Waals surface area (Å²) in [4.78, 5) is 35.3. The Morgan fingerprint density at radius 2 is 1.48 bits per heavy atom. The lowest BCUT2D eigenvalue weighted by atomic mass is 10.1. The summed E-state index contributed by atoms with van der Waals surface area (Å²) in [5, 5.41) is 26.2. The highest BCUT2D eigenvalue weighted by Crippen LogP contribution is 2.08. The normalized spacial score (nSPS) is 11.5. The lowest BCUT2D eigenvalue weighted by Crippen LogP contribution is -2.51. The molecule has 2 atom stereocenters. The molecule has 0 aliphatic heterocycles. The molecule has 0 heterocycles. The Bertz CT molecular complexity index is 1100. The molecule has 2 rings (SSSR count). The van der Waals surface area contributed by atoms with E-state index in [0.29, 0.717) is 11.3 Å². The van der Waals surface area contributed by atoms with E-state index < -0.39 is 24.0 Å². The predicted octanol–water partition coefficient (Wildman–Crippen LogP) is 0.232. The molecule has 2 aromatic rings. The van der Waals surface area contributed by atoms with Gasteiger partial charge in [0.2, 0.25) is 5.91 Å². The molecule has 0 saturated heterocycles. The lowest BCUT2D eigenvalue weighted by Gasteiger charge is -2.19. The highest BCUT2D eigenvalue weighted by atomic mass is 16.5. The monoisotopic (exact) mass is 448 g/mol. The van der Waals surface area contributed by atoms with E-state index in [-0.39, 0.29) is 18.0 Å². The van der Waals surface area contributed by atoms with Gasteiger partial charge in [-0.15, -0.1) is 0 Å². The number of hydroxylamine groups is 1. The van der Waals surface area contributed by atoms with Gasteiger partial charge in [0, 0.05) is 22.4 Å². The van der Waals surface area contributed by atoms with E-state index in [0.717, 1.165) is 5.56 Å². The number of carbonyl (C=O) groups excluding carboxylic acids is 3. The number of hydrogen-bond donors (Lipinski definition) is 6. The quantitative estimate of drug-likeness (QED) is 0.204. The Morgan fingerprint density at radius 3 is 1.97 bits per heavy atom. The van der Waals surface area contributed by atoms with Crippen LogP contribution in [0.4, 0.5) is 5.69 Å². The van der Waals surface area contributed by atoms with Crippen LogP contribution >= 0.6 is 0 Å². The van der Waals surface area contributed by atoms with Gasteiger partial charge in [-0.1, -0.05) is 11.8 Å².